The number of ether oxygens (including phenoxy) is 1. The highest BCUT2D eigenvalue weighted by molar-refractivity contribution is 7.17. The number of Topliss-reactive ketones (excluding diaryl/α,β-unsaturated/α-hetero) is 1. The first kappa shape index (κ1) is 23.7. The molecule has 1 aromatic carbocycles. The zero-order valence-electron chi connectivity index (χ0n) is 18.3. The molecule has 0 aliphatic heterocycles. The zero-order valence-corrected chi connectivity index (χ0v) is 20.0. The van der Waals surface area contributed by atoms with E-state index in [0.717, 1.165) is 11.3 Å². The standard InChI is InChI=1S/C23H22N4O5S2/c1-2-32-22(31)16-12-33-18(25-16)8-9-24-20(29)14-10-15-19(17(28)11-14)34-23(26-15)27-21(30)13-6-4-3-5-7-13/h3-7,12,14H,2,8-11H2,1H3,(H,24,29)(H,26,27,30). The van der Waals surface area contributed by atoms with E-state index in [1.165, 1.54) is 11.3 Å². The maximum Gasteiger partial charge on any atom is 0.357 e. The number of aromatic nitrogens is 2. The Balaban J connectivity index is 1.31. The Labute approximate surface area is 203 Å². The molecule has 9 nitrogen and oxygen atoms in total. The molecule has 0 bridgehead atoms. The lowest BCUT2D eigenvalue weighted by Crippen LogP contribution is -2.36. The lowest BCUT2D eigenvalue weighted by atomic mass is 9.89. The molecule has 1 unspecified atom stereocenters. The van der Waals surface area contributed by atoms with Crippen LogP contribution in [0.1, 0.15) is 54.6 Å². The Hall–Kier alpha value is -3.44. The molecule has 2 amide bonds. The van der Waals surface area contributed by atoms with Crippen LogP contribution in [0.15, 0.2) is 35.7 Å². The van der Waals surface area contributed by atoms with E-state index in [0.29, 0.717) is 45.7 Å². The minimum atomic E-state index is -0.522. The Morgan fingerprint density at radius 1 is 1.15 bits per heavy atom. The van der Waals surface area contributed by atoms with Gasteiger partial charge in [-0.15, -0.1) is 11.3 Å². The Morgan fingerprint density at radius 3 is 2.71 bits per heavy atom. The fraction of sp³-hybridized carbons (Fsp3) is 0.304. The molecular weight excluding hydrogens is 476 g/mol. The average Bonchev–Trinajstić information content (AvgIpc) is 3.47. The summed E-state index contributed by atoms with van der Waals surface area (Å²) < 4.78 is 4.92. The summed E-state index contributed by atoms with van der Waals surface area (Å²) in [5, 5.41) is 8.25. The summed E-state index contributed by atoms with van der Waals surface area (Å²) in [7, 11) is 0. The van der Waals surface area contributed by atoms with Crippen molar-refractivity contribution in [1.29, 1.82) is 0 Å². The highest BCUT2D eigenvalue weighted by atomic mass is 32.1. The molecule has 0 saturated heterocycles. The van der Waals surface area contributed by atoms with E-state index >= 15 is 0 Å². The van der Waals surface area contributed by atoms with Crippen molar-refractivity contribution in [1.82, 2.24) is 15.3 Å². The van der Waals surface area contributed by atoms with Crippen LogP contribution in [-0.2, 0) is 22.4 Å². The SMILES string of the molecule is CCOC(=O)c1csc(CCNC(=O)C2CC(=O)c3sc(NC(=O)c4ccccc4)nc3C2)n1. The summed E-state index contributed by atoms with van der Waals surface area (Å²) in [6.45, 7) is 2.35. The first-order valence-corrected chi connectivity index (χ1v) is 12.4. The number of carbonyl (C=O) groups excluding carboxylic acids is 4. The minimum absolute atomic E-state index is 0.0946. The number of carbonyl (C=O) groups is 4. The highest BCUT2D eigenvalue weighted by Crippen LogP contribution is 2.32. The van der Waals surface area contributed by atoms with Gasteiger partial charge in [-0.05, 0) is 19.1 Å². The second kappa shape index (κ2) is 10.7. The molecule has 176 valence electrons. The third-order valence-corrected chi connectivity index (χ3v) is 7.09. The van der Waals surface area contributed by atoms with Crippen LogP contribution in [0.4, 0.5) is 5.13 Å². The third-order valence-electron chi connectivity index (χ3n) is 5.12. The van der Waals surface area contributed by atoms with Crippen molar-refractivity contribution >= 4 is 51.4 Å². The molecule has 2 N–H and O–H groups in total. The van der Waals surface area contributed by atoms with Crippen LogP contribution in [0, 0.1) is 5.92 Å². The number of ketones is 1. The minimum Gasteiger partial charge on any atom is -0.461 e. The van der Waals surface area contributed by atoms with Crippen LogP contribution in [0.2, 0.25) is 0 Å². The van der Waals surface area contributed by atoms with Gasteiger partial charge in [-0.1, -0.05) is 29.5 Å². The van der Waals surface area contributed by atoms with Gasteiger partial charge in [-0.25, -0.2) is 14.8 Å². The maximum atomic E-state index is 12.7. The first-order chi connectivity index (χ1) is 16.4. The van der Waals surface area contributed by atoms with Crippen molar-refractivity contribution in [2.75, 3.05) is 18.5 Å². The molecule has 1 atom stereocenters. The molecule has 0 saturated carbocycles. The van der Waals surface area contributed by atoms with Gasteiger partial charge in [0.25, 0.3) is 5.91 Å². The summed E-state index contributed by atoms with van der Waals surface area (Å²) >= 11 is 2.46. The van der Waals surface area contributed by atoms with Gasteiger partial charge in [0.05, 0.1) is 28.1 Å². The summed E-state index contributed by atoms with van der Waals surface area (Å²) in [6, 6.07) is 8.74. The molecule has 4 rings (SSSR count). The second-order valence-corrected chi connectivity index (χ2v) is 9.47. The van der Waals surface area contributed by atoms with Gasteiger partial charge in [-0.3, -0.25) is 19.7 Å². The number of hydrogen-bond donors (Lipinski definition) is 2. The van der Waals surface area contributed by atoms with Gasteiger partial charge in [-0.2, -0.15) is 0 Å². The summed E-state index contributed by atoms with van der Waals surface area (Å²) in [6.07, 6.45) is 0.889. The average molecular weight is 499 g/mol. The van der Waals surface area contributed by atoms with Gasteiger partial charge in [0, 0.05) is 36.8 Å². The van der Waals surface area contributed by atoms with E-state index in [9.17, 15) is 19.2 Å². The van der Waals surface area contributed by atoms with Crippen molar-refractivity contribution in [2.45, 2.75) is 26.2 Å². The number of anilines is 1. The number of hydrogen-bond acceptors (Lipinski definition) is 9. The molecule has 2 aromatic heterocycles. The fourth-order valence-corrected chi connectivity index (χ4v) is 5.19. The zero-order chi connectivity index (χ0) is 24.1. The smallest absolute Gasteiger partial charge is 0.357 e. The molecule has 11 heteroatoms. The van der Waals surface area contributed by atoms with Gasteiger partial charge < -0.3 is 10.1 Å². The molecule has 0 spiro atoms. The van der Waals surface area contributed by atoms with Gasteiger partial charge in [0.1, 0.15) is 0 Å². The predicted octanol–water partition coefficient (Wildman–Crippen LogP) is 3.13. The molecular formula is C23H22N4O5S2. The fourth-order valence-electron chi connectivity index (χ4n) is 3.49. The van der Waals surface area contributed by atoms with Crippen molar-refractivity contribution in [3.63, 3.8) is 0 Å². The molecule has 0 radical (unpaired) electrons. The van der Waals surface area contributed by atoms with Crippen molar-refractivity contribution < 1.29 is 23.9 Å². The predicted molar refractivity (Wildman–Crippen MR) is 127 cm³/mol. The van der Waals surface area contributed by atoms with E-state index in [1.54, 1.807) is 36.6 Å². The number of rotatable bonds is 8. The normalized spacial score (nSPS) is 14.9. The van der Waals surface area contributed by atoms with Crippen LogP contribution >= 0.6 is 22.7 Å². The first-order valence-electron chi connectivity index (χ1n) is 10.7. The topological polar surface area (TPSA) is 127 Å². The molecule has 2 heterocycles. The van der Waals surface area contributed by atoms with Gasteiger partial charge >= 0.3 is 5.97 Å². The van der Waals surface area contributed by atoms with Crippen molar-refractivity contribution in [3.05, 3.63) is 62.5 Å². The maximum absolute atomic E-state index is 12.7. The number of fused-ring (bicyclic) bond motifs is 1. The van der Waals surface area contributed by atoms with Crippen LogP contribution in [0.5, 0.6) is 0 Å². The third kappa shape index (κ3) is 5.54. The number of nitrogens with one attached hydrogen (secondary N) is 2. The number of thiazole rings is 2. The monoisotopic (exact) mass is 498 g/mol. The van der Waals surface area contributed by atoms with Crippen molar-refractivity contribution in [2.24, 2.45) is 5.92 Å². The molecule has 0 fully saturated rings. The van der Waals surface area contributed by atoms with Crippen LogP contribution in [0.25, 0.3) is 0 Å². The van der Waals surface area contributed by atoms with E-state index < -0.39 is 11.9 Å². The van der Waals surface area contributed by atoms with E-state index in [1.807, 2.05) is 6.07 Å². The Kier molecular flexibility index (Phi) is 7.43. The summed E-state index contributed by atoms with van der Waals surface area (Å²) in [4.78, 5) is 58.4. The van der Waals surface area contributed by atoms with Gasteiger partial charge in [0.15, 0.2) is 16.6 Å². The Bertz CT molecular complexity index is 1220. The molecule has 1 aliphatic rings. The largest absolute Gasteiger partial charge is 0.461 e. The van der Waals surface area contributed by atoms with E-state index in [2.05, 4.69) is 20.6 Å². The van der Waals surface area contributed by atoms with Crippen LogP contribution in [-0.4, -0.2) is 46.7 Å². The van der Waals surface area contributed by atoms with Crippen LogP contribution in [0.3, 0.4) is 0 Å². The van der Waals surface area contributed by atoms with E-state index in [-0.39, 0.29) is 36.3 Å². The quantitative estimate of drug-likeness (QED) is 0.457. The molecule has 3 aromatic rings. The van der Waals surface area contributed by atoms with Gasteiger partial charge in [0.2, 0.25) is 5.91 Å². The highest BCUT2D eigenvalue weighted by Gasteiger charge is 2.33. The lowest BCUT2D eigenvalue weighted by Gasteiger charge is -2.19. The number of nitrogens with zero attached hydrogens (tertiary/aromatic N) is 2. The van der Waals surface area contributed by atoms with Crippen molar-refractivity contribution in [3.8, 4) is 0 Å². The second-order valence-electron chi connectivity index (χ2n) is 7.53. The van der Waals surface area contributed by atoms with Crippen LogP contribution < -0.4 is 10.6 Å². The number of benzene rings is 1. The molecule has 34 heavy (non-hydrogen) atoms. The number of amides is 2. The summed E-state index contributed by atoms with van der Waals surface area (Å²) in [5.41, 5.74) is 1.29. The van der Waals surface area contributed by atoms with E-state index in [4.69, 9.17) is 4.74 Å². The number of esters is 1. The Morgan fingerprint density at radius 2 is 1.94 bits per heavy atom. The summed E-state index contributed by atoms with van der Waals surface area (Å²) in [5.74, 6) is -1.68. The molecule has 1 aliphatic carbocycles. The lowest BCUT2D eigenvalue weighted by molar-refractivity contribution is -0.125.